The van der Waals surface area contributed by atoms with Crippen molar-refractivity contribution in [3.63, 3.8) is 0 Å². The second-order valence-corrected chi connectivity index (χ2v) is 17.7. The minimum atomic E-state index is -0.431. The molecule has 2 saturated heterocycles. The van der Waals surface area contributed by atoms with Crippen LogP contribution in [-0.4, -0.2) is 122 Å². The number of anilines is 4. The lowest BCUT2D eigenvalue weighted by Crippen LogP contribution is -2.42. The van der Waals surface area contributed by atoms with Crippen molar-refractivity contribution in [3.8, 4) is 22.8 Å². The maximum absolute atomic E-state index is 12.9. The number of alkyl halides is 2. The Hall–Kier alpha value is -5.90. The molecule has 0 bridgehead atoms. The van der Waals surface area contributed by atoms with Gasteiger partial charge in [0.25, 0.3) is 11.8 Å². The van der Waals surface area contributed by atoms with Crippen molar-refractivity contribution < 1.29 is 19.2 Å². The first-order chi connectivity index (χ1) is 33.4. The maximum Gasteiger partial charge on any atom is 0.253 e. The van der Waals surface area contributed by atoms with E-state index in [2.05, 4.69) is 88.1 Å². The Morgan fingerprint density at radius 1 is 0.671 bits per heavy atom. The highest BCUT2D eigenvalue weighted by atomic mass is 79.9. The smallest absolute Gasteiger partial charge is 0.253 e. The highest BCUT2D eigenvalue weighted by Crippen LogP contribution is 2.27. The largest absolute Gasteiger partial charge is 0.399 e. The molecule has 6 aromatic rings. The van der Waals surface area contributed by atoms with Crippen molar-refractivity contribution in [1.82, 2.24) is 50.1 Å². The van der Waals surface area contributed by atoms with Gasteiger partial charge < -0.3 is 31.5 Å². The van der Waals surface area contributed by atoms with Crippen LogP contribution in [0.3, 0.4) is 0 Å². The van der Waals surface area contributed by atoms with E-state index in [1.807, 2.05) is 9.80 Å². The van der Waals surface area contributed by atoms with Crippen molar-refractivity contribution in [2.45, 2.75) is 37.8 Å². The molecule has 0 atom stereocenters. The number of carbonyl (C=O) groups excluding carboxylic acids is 4. The molecule has 2 aliphatic heterocycles. The molecule has 3 amide bonds. The molecule has 0 spiro atoms. The van der Waals surface area contributed by atoms with Crippen LogP contribution < -0.4 is 21.7 Å². The number of amides is 3. The highest BCUT2D eigenvalue weighted by molar-refractivity contribution is 9.09. The van der Waals surface area contributed by atoms with Gasteiger partial charge in [-0.05, 0) is 104 Å². The number of likely N-dealkylation sites (tertiary alicyclic amines) is 2. The number of rotatable bonds is 13. The first kappa shape index (κ1) is 55.0. The van der Waals surface area contributed by atoms with Crippen molar-refractivity contribution in [1.29, 1.82) is 0 Å². The lowest BCUT2D eigenvalue weighted by Gasteiger charge is -2.32. The zero-order valence-corrected chi connectivity index (χ0v) is 43.5. The van der Waals surface area contributed by atoms with Gasteiger partial charge in [-0.15, -0.1) is 12.4 Å². The zero-order valence-electron chi connectivity index (χ0n) is 37.2. The fourth-order valence-electron chi connectivity index (χ4n) is 7.01. The molecule has 0 unspecified atom stereocenters. The summed E-state index contributed by atoms with van der Waals surface area (Å²) in [6.45, 7) is 2.57. The van der Waals surface area contributed by atoms with Crippen LogP contribution in [0.2, 0.25) is 10.0 Å². The minimum Gasteiger partial charge on any atom is -0.399 e. The summed E-state index contributed by atoms with van der Waals surface area (Å²) in [7, 11) is 0. The molecule has 4 aromatic heterocycles. The second kappa shape index (κ2) is 28.1. The maximum atomic E-state index is 12.9. The van der Waals surface area contributed by atoms with E-state index in [1.165, 1.54) is 12.2 Å². The zero-order chi connectivity index (χ0) is 49.1. The Kier molecular flexibility index (Phi) is 22.1. The number of halogens is 6. The van der Waals surface area contributed by atoms with E-state index in [-0.39, 0.29) is 42.2 Å². The lowest BCUT2D eigenvalue weighted by molar-refractivity contribution is -0.112. The number of nitrogens with zero attached hydrogens (tertiary/aromatic N) is 8. The minimum absolute atomic E-state index is 0. The van der Waals surface area contributed by atoms with Gasteiger partial charge in [0, 0.05) is 89.9 Å². The number of carbonyl (C=O) groups is 4. The number of benzene rings is 2. The van der Waals surface area contributed by atoms with Gasteiger partial charge in [-0.2, -0.15) is 10.2 Å². The summed E-state index contributed by atoms with van der Waals surface area (Å²) in [6.07, 6.45) is 15.7. The second-order valence-electron chi connectivity index (χ2n) is 15.2. The normalized spacial score (nSPS) is 13.9. The summed E-state index contributed by atoms with van der Waals surface area (Å²) in [5.74, 6) is 0.789. The molecule has 0 aliphatic carbocycles. The standard InChI is InChI=1S/C23H23BrClN7O2.C19H20ClN7O.C4H4BrClO.ClH/c24-10-1-2-20(33)28-16-5-3-15(4-6-16)22(34)32-12-8-17(9-13-32)29-23-26-14-18(25)21(30-23)19-7-11-27-31-19;20-15-11-22-19(25-17(15)16-5-8-23-26-16)24-14-6-9-27(10-7-14)18(28)12-1-3-13(21)4-2-12;5-3-1-2-4(6)7;/h1-7,11,14,17H,8-10,12-13H2,(H,27,31)(H,28,33)(H,26,29,30);1-5,8,11,14H,6-7,9-10,21H2,(H,23,26)(H,22,24,25);1-2H,3H2;1H/b2-1+;;2-1+;. The summed E-state index contributed by atoms with van der Waals surface area (Å²) < 4.78 is 0. The van der Waals surface area contributed by atoms with E-state index in [9.17, 15) is 19.2 Å². The molecule has 70 heavy (non-hydrogen) atoms. The van der Waals surface area contributed by atoms with Gasteiger partial charge in [-0.3, -0.25) is 29.4 Å². The molecular formula is C46H48Br2Cl4N14O4. The van der Waals surface area contributed by atoms with Crippen LogP contribution in [0, 0.1) is 0 Å². The SMILES string of the molecule is Cl.Nc1ccc(C(=O)N2CCC(Nc3ncc(Cl)c(-c4ccn[nH]4)n3)CC2)cc1.O=C(/C=C/CBr)Nc1ccc(C(=O)N2CCC(Nc3ncc(Cl)c(-c4ccn[nH]4)n3)CC2)cc1.O=C(Cl)/C=C/CBr. The van der Waals surface area contributed by atoms with Gasteiger partial charge in [0.1, 0.15) is 11.4 Å². The van der Waals surface area contributed by atoms with E-state index in [0.717, 1.165) is 37.1 Å². The van der Waals surface area contributed by atoms with Crippen LogP contribution in [0.1, 0.15) is 46.4 Å². The van der Waals surface area contributed by atoms with Gasteiger partial charge in [-0.1, -0.05) is 67.2 Å². The van der Waals surface area contributed by atoms with E-state index in [1.54, 1.807) is 97.6 Å². The lowest BCUT2D eigenvalue weighted by atomic mass is 10.0. The molecule has 0 radical (unpaired) electrons. The van der Waals surface area contributed by atoms with Gasteiger partial charge in [0.15, 0.2) is 0 Å². The third-order valence-corrected chi connectivity index (χ3v) is 11.9. The summed E-state index contributed by atoms with van der Waals surface area (Å²) in [6, 6.07) is 17.9. The highest BCUT2D eigenvalue weighted by Gasteiger charge is 2.26. The van der Waals surface area contributed by atoms with E-state index in [0.29, 0.717) is 92.7 Å². The van der Waals surface area contributed by atoms with E-state index >= 15 is 0 Å². The molecule has 18 nitrogen and oxygen atoms in total. The Morgan fingerprint density at radius 3 is 1.49 bits per heavy atom. The Morgan fingerprint density at radius 2 is 1.10 bits per heavy atom. The molecule has 7 N–H and O–H groups in total. The van der Waals surface area contributed by atoms with Crippen molar-refractivity contribution in [3.05, 3.63) is 131 Å². The van der Waals surface area contributed by atoms with E-state index < -0.39 is 5.24 Å². The average molecular weight is 1160 g/mol. The number of allylic oxidation sites excluding steroid dienone is 3. The Balaban J connectivity index is 0.000000230. The first-order valence-electron chi connectivity index (χ1n) is 21.5. The third kappa shape index (κ3) is 16.6. The Bertz CT molecular complexity index is 2680. The van der Waals surface area contributed by atoms with Crippen molar-refractivity contribution in [2.75, 3.05) is 58.5 Å². The molecule has 6 heterocycles. The van der Waals surface area contributed by atoms with Crippen LogP contribution in [0.15, 0.2) is 110 Å². The van der Waals surface area contributed by atoms with Gasteiger partial charge >= 0.3 is 0 Å². The van der Waals surface area contributed by atoms with Crippen molar-refractivity contribution >= 4 is 125 Å². The van der Waals surface area contributed by atoms with Crippen LogP contribution in [0.5, 0.6) is 0 Å². The first-order valence-corrected chi connectivity index (χ1v) is 24.9. The van der Waals surface area contributed by atoms with Crippen LogP contribution >= 0.6 is 79.1 Å². The summed E-state index contributed by atoms with van der Waals surface area (Å²) >= 11 is 23.6. The molecule has 2 fully saturated rings. The Labute approximate surface area is 441 Å². The van der Waals surface area contributed by atoms with Gasteiger partial charge in [0.05, 0.1) is 33.8 Å². The molecular weight excluding hydrogens is 1110 g/mol. The monoisotopic (exact) mass is 1160 g/mol. The molecule has 24 heteroatoms. The topological polar surface area (TPSA) is 246 Å². The van der Waals surface area contributed by atoms with Gasteiger partial charge in [0.2, 0.25) is 23.0 Å². The van der Waals surface area contributed by atoms with Crippen LogP contribution in [-0.2, 0) is 9.59 Å². The molecule has 368 valence electrons. The number of hydrogen-bond acceptors (Lipinski definition) is 13. The predicted octanol–water partition coefficient (Wildman–Crippen LogP) is 9.07. The molecule has 2 aliphatic rings. The summed E-state index contributed by atoms with van der Waals surface area (Å²) in [4.78, 5) is 68.4. The van der Waals surface area contributed by atoms with Gasteiger partial charge in [-0.25, -0.2) is 19.9 Å². The van der Waals surface area contributed by atoms with Crippen LogP contribution in [0.4, 0.5) is 23.3 Å². The third-order valence-electron chi connectivity index (χ3n) is 10.5. The van der Waals surface area contributed by atoms with Crippen LogP contribution in [0.25, 0.3) is 22.8 Å². The number of piperidine rings is 2. The number of nitrogens with two attached hydrogens (primary N) is 1. The number of aromatic amines is 2. The number of nitrogens with one attached hydrogen (secondary N) is 5. The predicted molar refractivity (Wildman–Crippen MR) is 284 cm³/mol. The fourth-order valence-corrected chi connectivity index (χ4v) is 7.85. The number of nitrogen functional groups attached to an aromatic ring is 1. The summed E-state index contributed by atoms with van der Waals surface area (Å²) in [5, 5.41) is 24.8. The number of aromatic nitrogens is 8. The molecule has 0 saturated carbocycles. The average Bonchev–Trinajstić information content (AvgIpc) is 4.12. The fraction of sp³-hybridized carbons (Fsp3) is 0.261. The number of hydrogen-bond donors (Lipinski definition) is 6. The summed E-state index contributed by atoms with van der Waals surface area (Å²) in [5.41, 5.74) is 10.9. The molecule has 2 aromatic carbocycles. The number of H-pyrrole nitrogens is 2. The molecule has 8 rings (SSSR count). The van der Waals surface area contributed by atoms with E-state index in [4.69, 9.17) is 40.5 Å². The quantitative estimate of drug-likeness (QED) is 0.0274. The van der Waals surface area contributed by atoms with Crippen molar-refractivity contribution in [2.24, 2.45) is 0 Å².